The van der Waals surface area contributed by atoms with Crippen LogP contribution in [0.5, 0.6) is 0 Å². The van der Waals surface area contributed by atoms with Crippen LogP contribution in [0, 0.1) is 6.92 Å². The zero-order valence-electron chi connectivity index (χ0n) is 16.1. The predicted molar refractivity (Wildman–Crippen MR) is 107 cm³/mol. The van der Waals surface area contributed by atoms with Crippen LogP contribution in [0.2, 0.25) is 0 Å². The summed E-state index contributed by atoms with van der Waals surface area (Å²) in [6.07, 6.45) is 4.21. The number of hydrogen-bond donors (Lipinski definition) is 1. The number of rotatable bonds is 5. The van der Waals surface area contributed by atoms with Gasteiger partial charge in [0.25, 0.3) is 5.91 Å². The maximum atomic E-state index is 12.9. The van der Waals surface area contributed by atoms with E-state index < -0.39 is 0 Å². The van der Waals surface area contributed by atoms with Crippen molar-refractivity contribution in [1.82, 2.24) is 29.7 Å². The summed E-state index contributed by atoms with van der Waals surface area (Å²) < 4.78 is 3.70. The van der Waals surface area contributed by atoms with Crippen molar-refractivity contribution in [2.45, 2.75) is 33.2 Å². The second kappa shape index (κ2) is 7.26. The van der Waals surface area contributed by atoms with Gasteiger partial charge in [-0.05, 0) is 44.5 Å². The number of aryl methyl sites for hydroxylation is 1. The monoisotopic (exact) mass is 374 g/mol. The molecule has 0 aliphatic heterocycles. The molecule has 1 amide bonds. The van der Waals surface area contributed by atoms with Gasteiger partial charge in [-0.2, -0.15) is 5.10 Å². The zero-order chi connectivity index (χ0) is 19.7. The number of aromatic nitrogens is 5. The quantitative estimate of drug-likeness (QED) is 0.582. The van der Waals surface area contributed by atoms with Crippen LogP contribution in [0.1, 0.15) is 47.3 Å². The van der Waals surface area contributed by atoms with Crippen LogP contribution in [0.15, 0.2) is 54.9 Å². The van der Waals surface area contributed by atoms with Crippen molar-refractivity contribution >= 4 is 11.6 Å². The van der Waals surface area contributed by atoms with E-state index >= 15 is 0 Å². The molecule has 1 N–H and O–H groups in total. The fraction of sp³-hybridized carbons (Fsp3) is 0.238. The summed E-state index contributed by atoms with van der Waals surface area (Å²) in [5, 5.41) is 15.8. The zero-order valence-corrected chi connectivity index (χ0v) is 16.1. The lowest BCUT2D eigenvalue weighted by atomic mass is 10.1. The number of nitrogens with one attached hydrogen (secondary N) is 1. The van der Waals surface area contributed by atoms with Crippen LogP contribution >= 0.6 is 0 Å². The summed E-state index contributed by atoms with van der Waals surface area (Å²) in [6, 6.07) is 13.5. The van der Waals surface area contributed by atoms with Gasteiger partial charge in [-0.1, -0.05) is 30.7 Å². The van der Waals surface area contributed by atoms with Crippen molar-refractivity contribution in [3.63, 3.8) is 0 Å². The number of pyridine rings is 1. The normalized spacial score (nSPS) is 12.2. The van der Waals surface area contributed by atoms with Crippen molar-refractivity contribution in [3.8, 4) is 5.69 Å². The fourth-order valence-electron chi connectivity index (χ4n) is 3.31. The van der Waals surface area contributed by atoms with E-state index in [0.29, 0.717) is 17.8 Å². The van der Waals surface area contributed by atoms with Gasteiger partial charge >= 0.3 is 0 Å². The first-order valence-electron chi connectivity index (χ1n) is 9.33. The SMILES string of the molecule is CCc1c(C(=O)NC(C)c2nnc3ccccn23)cnn1-c1ccc(C)cc1. The standard InChI is InChI=1S/C21H22N6O/c1-4-18-17(13-22-27(18)16-10-8-14(2)9-11-16)21(28)23-15(3)20-25-24-19-7-5-6-12-26(19)20/h5-13,15H,4H2,1-3H3,(H,23,28). The number of hydrogen-bond acceptors (Lipinski definition) is 4. The summed E-state index contributed by atoms with van der Waals surface area (Å²) in [6.45, 7) is 5.97. The Balaban J connectivity index is 1.60. The van der Waals surface area contributed by atoms with Crippen molar-refractivity contribution in [1.29, 1.82) is 0 Å². The van der Waals surface area contributed by atoms with Gasteiger partial charge < -0.3 is 5.32 Å². The largest absolute Gasteiger partial charge is 0.342 e. The average molecular weight is 374 g/mol. The highest BCUT2D eigenvalue weighted by molar-refractivity contribution is 5.95. The first-order valence-corrected chi connectivity index (χ1v) is 9.33. The fourth-order valence-corrected chi connectivity index (χ4v) is 3.31. The van der Waals surface area contributed by atoms with Crippen LogP contribution < -0.4 is 5.32 Å². The Labute approximate surface area is 163 Å². The first-order chi connectivity index (χ1) is 13.6. The van der Waals surface area contributed by atoms with Crippen LogP contribution in [0.25, 0.3) is 11.3 Å². The third-order valence-electron chi connectivity index (χ3n) is 4.80. The van der Waals surface area contributed by atoms with Crippen molar-refractivity contribution in [2.24, 2.45) is 0 Å². The molecule has 0 radical (unpaired) electrons. The first kappa shape index (κ1) is 17.9. The molecular weight excluding hydrogens is 352 g/mol. The Morgan fingerprint density at radius 1 is 1.14 bits per heavy atom. The lowest BCUT2D eigenvalue weighted by Crippen LogP contribution is -2.28. The van der Waals surface area contributed by atoms with Gasteiger partial charge in [0.1, 0.15) is 0 Å². The Bertz CT molecular complexity index is 1130. The van der Waals surface area contributed by atoms with E-state index in [4.69, 9.17) is 0 Å². The van der Waals surface area contributed by atoms with E-state index in [9.17, 15) is 4.79 Å². The topological polar surface area (TPSA) is 77.1 Å². The smallest absolute Gasteiger partial charge is 0.255 e. The van der Waals surface area contributed by atoms with Gasteiger partial charge in [-0.25, -0.2) is 4.68 Å². The molecular formula is C21H22N6O. The molecule has 0 fully saturated rings. The molecule has 0 aliphatic carbocycles. The van der Waals surface area contributed by atoms with E-state index in [0.717, 1.165) is 17.0 Å². The molecule has 1 atom stereocenters. The Morgan fingerprint density at radius 2 is 1.93 bits per heavy atom. The summed E-state index contributed by atoms with van der Waals surface area (Å²) in [7, 11) is 0. The second-order valence-corrected chi connectivity index (χ2v) is 6.79. The molecule has 3 heterocycles. The van der Waals surface area contributed by atoms with Crippen LogP contribution in [0.3, 0.4) is 0 Å². The molecule has 0 aliphatic rings. The average Bonchev–Trinajstić information content (AvgIpc) is 3.32. The number of nitrogens with zero attached hydrogens (tertiary/aromatic N) is 5. The summed E-state index contributed by atoms with van der Waals surface area (Å²) in [5.41, 5.74) is 4.32. The van der Waals surface area contributed by atoms with Crippen molar-refractivity contribution < 1.29 is 4.79 Å². The molecule has 4 rings (SSSR count). The van der Waals surface area contributed by atoms with Crippen LogP contribution in [-0.4, -0.2) is 30.3 Å². The van der Waals surface area contributed by atoms with Crippen molar-refractivity contribution in [2.75, 3.05) is 0 Å². The van der Waals surface area contributed by atoms with E-state index in [1.54, 1.807) is 6.20 Å². The lowest BCUT2D eigenvalue weighted by Gasteiger charge is -2.13. The summed E-state index contributed by atoms with van der Waals surface area (Å²) in [4.78, 5) is 12.9. The molecule has 28 heavy (non-hydrogen) atoms. The third-order valence-corrected chi connectivity index (χ3v) is 4.80. The molecule has 0 saturated heterocycles. The Morgan fingerprint density at radius 3 is 2.68 bits per heavy atom. The molecule has 142 valence electrons. The summed E-state index contributed by atoms with van der Waals surface area (Å²) in [5.74, 6) is 0.517. The van der Waals surface area contributed by atoms with Gasteiger partial charge in [0, 0.05) is 6.20 Å². The number of fused-ring (bicyclic) bond motifs is 1. The second-order valence-electron chi connectivity index (χ2n) is 6.79. The highest BCUT2D eigenvalue weighted by Gasteiger charge is 2.21. The Kier molecular flexibility index (Phi) is 4.65. The molecule has 0 spiro atoms. The van der Waals surface area contributed by atoms with E-state index in [1.165, 1.54) is 5.56 Å². The van der Waals surface area contributed by atoms with Gasteiger partial charge in [0.15, 0.2) is 11.5 Å². The summed E-state index contributed by atoms with van der Waals surface area (Å²) >= 11 is 0. The molecule has 1 unspecified atom stereocenters. The predicted octanol–water partition coefficient (Wildman–Crippen LogP) is 3.28. The van der Waals surface area contributed by atoms with E-state index in [2.05, 4.69) is 20.6 Å². The highest BCUT2D eigenvalue weighted by Crippen LogP contribution is 2.18. The van der Waals surface area contributed by atoms with Crippen molar-refractivity contribution in [3.05, 3.63) is 77.5 Å². The highest BCUT2D eigenvalue weighted by atomic mass is 16.1. The van der Waals surface area contributed by atoms with Gasteiger partial charge in [-0.15, -0.1) is 10.2 Å². The minimum Gasteiger partial charge on any atom is -0.342 e. The molecule has 7 heteroatoms. The molecule has 1 aromatic carbocycles. The lowest BCUT2D eigenvalue weighted by molar-refractivity contribution is 0.0937. The number of carbonyl (C=O) groups is 1. The molecule has 7 nitrogen and oxygen atoms in total. The number of benzene rings is 1. The molecule has 0 bridgehead atoms. The molecule has 0 saturated carbocycles. The maximum absolute atomic E-state index is 12.9. The molecule has 4 aromatic rings. The van der Waals surface area contributed by atoms with E-state index in [-0.39, 0.29) is 11.9 Å². The third kappa shape index (κ3) is 3.15. The van der Waals surface area contributed by atoms with Crippen LogP contribution in [-0.2, 0) is 6.42 Å². The molecule has 3 aromatic heterocycles. The van der Waals surface area contributed by atoms with Gasteiger partial charge in [0.2, 0.25) is 0 Å². The van der Waals surface area contributed by atoms with Gasteiger partial charge in [-0.3, -0.25) is 9.20 Å². The maximum Gasteiger partial charge on any atom is 0.255 e. The number of carbonyl (C=O) groups excluding carboxylic acids is 1. The van der Waals surface area contributed by atoms with E-state index in [1.807, 2.05) is 78.5 Å². The van der Waals surface area contributed by atoms with Crippen LogP contribution in [0.4, 0.5) is 0 Å². The van der Waals surface area contributed by atoms with Gasteiger partial charge in [0.05, 0.1) is 29.2 Å². The Hall–Kier alpha value is -3.48. The minimum atomic E-state index is -0.294. The number of amides is 1. The minimum absolute atomic E-state index is 0.171.